The topological polar surface area (TPSA) is 15.3 Å². The molecule has 2 saturated heterocycles. The van der Waals surface area contributed by atoms with Crippen molar-refractivity contribution < 1.29 is 4.39 Å². The molecule has 0 unspecified atom stereocenters. The Morgan fingerprint density at radius 2 is 1.92 bits per heavy atom. The summed E-state index contributed by atoms with van der Waals surface area (Å²) in [6, 6.07) is 0.640. The molecule has 2 nitrogen and oxygen atoms in total. The zero-order valence-corrected chi connectivity index (χ0v) is 8.46. The minimum atomic E-state index is -0.555. The highest BCUT2D eigenvalue weighted by atomic mass is 35.5. The van der Waals surface area contributed by atoms with Crippen LogP contribution in [0.5, 0.6) is 0 Å². The fourth-order valence-corrected chi connectivity index (χ4v) is 1.61. The average Bonchev–Trinajstić information content (AvgIpc) is 2.10. The Morgan fingerprint density at radius 1 is 1.25 bits per heavy atom. The van der Waals surface area contributed by atoms with Crippen molar-refractivity contribution in [3.8, 4) is 0 Å². The fraction of sp³-hybridized carbons (Fsp3) is 1.00. The first-order valence-electron chi connectivity index (χ1n) is 3.95. The molecule has 12 heavy (non-hydrogen) atoms. The minimum absolute atomic E-state index is 0. The first-order chi connectivity index (χ1) is 4.86. The lowest BCUT2D eigenvalue weighted by atomic mass is 10.1. The molecule has 1 atom stereocenters. The molecule has 0 spiro atoms. The lowest BCUT2D eigenvalue weighted by Crippen LogP contribution is -2.56. The molecule has 2 fully saturated rings. The van der Waals surface area contributed by atoms with Crippen LogP contribution in [0.25, 0.3) is 0 Å². The van der Waals surface area contributed by atoms with Gasteiger partial charge in [-0.1, -0.05) is 0 Å². The fourth-order valence-electron chi connectivity index (χ4n) is 1.61. The molecule has 5 heteroatoms. The number of nitrogens with zero attached hydrogens (tertiary/aromatic N) is 1. The lowest BCUT2D eigenvalue weighted by molar-refractivity contribution is 0.167. The average molecular weight is 217 g/mol. The first kappa shape index (κ1) is 12.4. The summed E-state index contributed by atoms with van der Waals surface area (Å²) in [4.78, 5) is 2.25. The number of hydrogen-bond acceptors (Lipinski definition) is 2. The molecule has 0 amide bonds. The van der Waals surface area contributed by atoms with E-state index in [0.717, 1.165) is 26.1 Å². The molecular weight excluding hydrogens is 202 g/mol. The van der Waals surface area contributed by atoms with Gasteiger partial charge in [0.15, 0.2) is 0 Å². The van der Waals surface area contributed by atoms with Gasteiger partial charge in [0.2, 0.25) is 0 Å². The molecule has 1 N–H and O–H groups in total. The number of likely N-dealkylation sites (tertiary alicyclic amines) is 1. The van der Waals surface area contributed by atoms with Gasteiger partial charge in [-0.3, -0.25) is 4.90 Å². The highest BCUT2D eigenvalue weighted by molar-refractivity contribution is 5.85. The van der Waals surface area contributed by atoms with Crippen LogP contribution < -0.4 is 5.32 Å². The Labute approximate surface area is 84.7 Å². The Balaban J connectivity index is 0.000000605. The molecule has 0 aliphatic carbocycles. The molecule has 0 aromatic rings. The molecular formula is C7H15Cl2FN2. The van der Waals surface area contributed by atoms with Crippen LogP contribution in [0.3, 0.4) is 0 Å². The highest BCUT2D eigenvalue weighted by Crippen LogP contribution is 2.16. The summed E-state index contributed by atoms with van der Waals surface area (Å²) in [5, 5.41) is 3.19. The quantitative estimate of drug-likeness (QED) is 0.700. The van der Waals surface area contributed by atoms with Gasteiger partial charge in [0.25, 0.3) is 0 Å². The minimum Gasteiger partial charge on any atom is -0.314 e. The van der Waals surface area contributed by atoms with Crippen LogP contribution in [0.15, 0.2) is 0 Å². The normalized spacial score (nSPS) is 30.2. The summed E-state index contributed by atoms with van der Waals surface area (Å²) in [5.41, 5.74) is 0. The van der Waals surface area contributed by atoms with E-state index in [2.05, 4.69) is 10.2 Å². The van der Waals surface area contributed by atoms with E-state index in [1.165, 1.54) is 0 Å². The van der Waals surface area contributed by atoms with Gasteiger partial charge in [0.1, 0.15) is 6.17 Å². The molecule has 0 aromatic carbocycles. The van der Waals surface area contributed by atoms with Crippen LogP contribution in [-0.4, -0.2) is 43.3 Å². The number of halogens is 3. The molecule has 74 valence electrons. The maximum absolute atomic E-state index is 12.6. The third-order valence-corrected chi connectivity index (χ3v) is 2.44. The monoisotopic (exact) mass is 216 g/mol. The molecule has 2 aliphatic rings. The van der Waals surface area contributed by atoms with E-state index in [9.17, 15) is 4.39 Å². The largest absolute Gasteiger partial charge is 0.314 e. The second-order valence-electron chi connectivity index (χ2n) is 3.19. The number of hydrogen-bond donors (Lipinski definition) is 1. The Hall–Kier alpha value is 0.430. The molecule has 2 heterocycles. The van der Waals surface area contributed by atoms with Gasteiger partial charge in [-0.25, -0.2) is 4.39 Å². The molecule has 2 aliphatic heterocycles. The summed E-state index contributed by atoms with van der Waals surface area (Å²) in [6.07, 6.45) is 0.192. The maximum Gasteiger partial charge on any atom is 0.114 e. The van der Waals surface area contributed by atoms with Crippen molar-refractivity contribution in [1.82, 2.24) is 10.2 Å². The van der Waals surface area contributed by atoms with Gasteiger partial charge >= 0.3 is 0 Å². The summed E-state index contributed by atoms with van der Waals surface area (Å²) in [6.45, 7) is 3.76. The number of rotatable bonds is 1. The molecule has 0 radical (unpaired) electrons. The zero-order chi connectivity index (χ0) is 6.97. The summed E-state index contributed by atoms with van der Waals surface area (Å²) in [5.74, 6) is 0. The van der Waals surface area contributed by atoms with Gasteiger partial charge in [-0.05, 0) is 6.42 Å². The van der Waals surface area contributed by atoms with Crippen molar-refractivity contribution in [2.24, 2.45) is 0 Å². The van der Waals surface area contributed by atoms with Crippen LogP contribution in [0.1, 0.15) is 6.42 Å². The third kappa shape index (κ3) is 2.46. The third-order valence-electron chi connectivity index (χ3n) is 2.44. The van der Waals surface area contributed by atoms with E-state index in [-0.39, 0.29) is 24.8 Å². The Morgan fingerprint density at radius 3 is 2.25 bits per heavy atom. The van der Waals surface area contributed by atoms with Crippen molar-refractivity contribution in [2.75, 3.05) is 26.2 Å². The highest BCUT2D eigenvalue weighted by Gasteiger charge is 2.30. The van der Waals surface area contributed by atoms with Crippen LogP contribution in [0, 0.1) is 0 Å². The second-order valence-corrected chi connectivity index (χ2v) is 3.19. The zero-order valence-electron chi connectivity index (χ0n) is 6.83. The van der Waals surface area contributed by atoms with E-state index in [1.54, 1.807) is 0 Å². The maximum atomic E-state index is 12.6. The smallest absolute Gasteiger partial charge is 0.114 e. The predicted octanol–water partition coefficient (Wildman–Crippen LogP) is 0.846. The van der Waals surface area contributed by atoms with Crippen molar-refractivity contribution in [2.45, 2.75) is 18.6 Å². The van der Waals surface area contributed by atoms with E-state index >= 15 is 0 Å². The summed E-state index contributed by atoms with van der Waals surface area (Å²) >= 11 is 0. The molecule has 0 aromatic heterocycles. The summed E-state index contributed by atoms with van der Waals surface area (Å²) < 4.78 is 12.6. The van der Waals surface area contributed by atoms with Gasteiger partial charge in [0, 0.05) is 32.2 Å². The number of nitrogens with one attached hydrogen (secondary N) is 1. The van der Waals surface area contributed by atoms with Crippen molar-refractivity contribution in [3.05, 3.63) is 0 Å². The number of alkyl halides is 1. The Bertz CT molecular complexity index is 133. The lowest BCUT2D eigenvalue weighted by Gasteiger charge is -2.35. The van der Waals surface area contributed by atoms with Gasteiger partial charge < -0.3 is 5.32 Å². The SMILES string of the molecule is Cl.Cl.F[C@H]1CCN(C2CNC2)C1. The second kappa shape index (κ2) is 5.22. The van der Waals surface area contributed by atoms with Gasteiger partial charge in [0.05, 0.1) is 0 Å². The van der Waals surface area contributed by atoms with Crippen molar-refractivity contribution >= 4 is 24.8 Å². The van der Waals surface area contributed by atoms with Gasteiger partial charge in [-0.2, -0.15) is 0 Å². The molecule has 2 rings (SSSR count). The first-order valence-corrected chi connectivity index (χ1v) is 3.95. The van der Waals surface area contributed by atoms with Crippen LogP contribution >= 0.6 is 24.8 Å². The molecule has 0 bridgehead atoms. The van der Waals surface area contributed by atoms with Crippen LogP contribution in [-0.2, 0) is 0 Å². The summed E-state index contributed by atoms with van der Waals surface area (Å²) in [7, 11) is 0. The van der Waals surface area contributed by atoms with E-state index < -0.39 is 6.17 Å². The predicted molar refractivity (Wildman–Crippen MR) is 52.2 cm³/mol. The van der Waals surface area contributed by atoms with E-state index in [4.69, 9.17) is 0 Å². The van der Waals surface area contributed by atoms with E-state index in [0.29, 0.717) is 12.6 Å². The van der Waals surface area contributed by atoms with Crippen molar-refractivity contribution in [3.63, 3.8) is 0 Å². The van der Waals surface area contributed by atoms with E-state index in [1.807, 2.05) is 0 Å². The van der Waals surface area contributed by atoms with Gasteiger partial charge in [-0.15, -0.1) is 24.8 Å². The van der Waals surface area contributed by atoms with Crippen LogP contribution in [0.4, 0.5) is 4.39 Å². The molecule has 0 saturated carbocycles. The van der Waals surface area contributed by atoms with Crippen molar-refractivity contribution in [1.29, 1.82) is 0 Å². The van der Waals surface area contributed by atoms with Crippen LogP contribution in [0.2, 0.25) is 0 Å². The standard InChI is InChI=1S/C7H13FN2.2ClH/c8-6-1-2-10(5-6)7-3-9-4-7;;/h6-7,9H,1-5H2;2*1H/t6-;;/m0../s1. The Kier molecular flexibility index (Phi) is 5.41.